The third kappa shape index (κ3) is 3.59. The van der Waals surface area contributed by atoms with Gasteiger partial charge in [0.05, 0.1) is 5.02 Å². The number of hydrogen-bond donors (Lipinski definition) is 1. The zero-order valence-corrected chi connectivity index (χ0v) is 12.8. The van der Waals surface area contributed by atoms with Gasteiger partial charge < -0.3 is 5.32 Å². The van der Waals surface area contributed by atoms with E-state index in [1.54, 1.807) is 6.07 Å². The molecule has 1 unspecified atom stereocenters. The summed E-state index contributed by atoms with van der Waals surface area (Å²) < 4.78 is 13.4. The van der Waals surface area contributed by atoms with E-state index in [9.17, 15) is 4.39 Å². The van der Waals surface area contributed by atoms with Gasteiger partial charge in [0, 0.05) is 12.6 Å². The molecule has 0 aliphatic heterocycles. The van der Waals surface area contributed by atoms with Crippen LogP contribution in [0.5, 0.6) is 0 Å². The molecule has 0 aliphatic rings. The van der Waals surface area contributed by atoms with Gasteiger partial charge in [-0.3, -0.25) is 0 Å². The molecular formula is C17H19ClFN. The third-order valence-electron chi connectivity index (χ3n) is 3.49. The highest BCUT2D eigenvalue weighted by atomic mass is 35.5. The molecule has 20 heavy (non-hydrogen) atoms. The van der Waals surface area contributed by atoms with Crippen LogP contribution in [0.2, 0.25) is 5.02 Å². The summed E-state index contributed by atoms with van der Waals surface area (Å²) in [7, 11) is 0. The number of benzene rings is 2. The topological polar surface area (TPSA) is 12.0 Å². The van der Waals surface area contributed by atoms with Crippen LogP contribution in [-0.4, -0.2) is 0 Å². The molecule has 0 spiro atoms. The summed E-state index contributed by atoms with van der Waals surface area (Å²) in [6.07, 6.45) is 0. The second kappa shape index (κ2) is 6.38. The average Bonchev–Trinajstić information content (AvgIpc) is 2.40. The van der Waals surface area contributed by atoms with Crippen molar-refractivity contribution in [2.24, 2.45) is 0 Å². The fraction of sp³-hybridized carbons (Fsp3) is 0.294. The lowest BCUT2D eigenvalue weighted by Gasteiger charge is -2.17. The van der Waals surface area contributed by atoms with Crippen LogP contribution in [0, 0.1) is 19.7 Å². The first-order valence-electron chi connectivity index (χ1n) is 6.72. The Kier molecular flexibility index (Phi) is 4.79. The molecule has 0 bridgehead atoms. The maximum atomic E-state index is 13.4. The second-order valence-corrected chi connectivity index (χ2v) is 5.62. The summed E-state index contributed by atoms with van der Waals surface area (Å²) >= 11 is 5.68. The Balaban J connectivity index is 2.04. The van der Waals surface area contributed by atoms with Crippen molar-refractivity contribution in [1.82, 2.24) is 5.32 Å². The minimum atomic E-state index is -0.370. The molecule has 106 valence electrons. The Morgan fingerprint density at radius 3 is 2.55 bits per heavy atom. The number of hydrogen-bond acceptors (Lipinski definition) is 1. The van der Waals surface area contributed by atoms with Crippen LogP contribution in [0.3, 0.4) is 0 Å². The SMILES string of the molecule is Cc1ccc(C(C)NCc2ccc(Cl)c(F)c2)c(C)c1. The number of nitrogens with one attached hydrogen (secondary N) is 1. The smallest absolute Gasteiger partial charge is 0.142 e. The van der Waals surface area contributed by atoms with E-state index < -0.39 is 0 Å². The fourth-order valence-electron chi connectivity index (χ4n) is 2.34. The van der Waals surface area contributed by atoms with E-state index in [0.29, 0.717) is 6.54 Å². The summed E-state index contributed by atoms with van der Waals surface area (Å²) in [5.41, 5.74) is 4.69. The van der Waals surface area contributed by atoms with Crippen molar-refractivity contribution in [3.63, 3.8) is 0 Å². The first kappa shape index (κ1) is 15.0. The van der Waals surface area contributed by atoms with Gasteiger partial charge in [0.15, 0.2) is 0 Å². The molecule has 1 atom stereocenters. The van der Waals surface area contributed by atoms with Crippen molar-refractivity contribution in [1.29, 1.82) is 0 Å². The highest BCUT2D eigenvalue weighted by Crippen LogP contribution is 2.20. The van der Waals surface area contributed by atoms with E-state index in [1.807, 2.05) is 6.07 Å². The quantitative estimate of drug-likeness (QED) is 0.841. The minimum Gasteiger partial charge on any atom is -0.306 e. The number of rotatable bonds is 4. The van der Waals surface area contributed by atoms with Gasteiger partial charge in [-0.15, -0.1) is 0 Å². The maximum absolute atomic E-state index is 13.4. The van der Waals surface area contributed by atoms with Crippen LogP contribution >= 0.6 is 11.6 Å². The lowest BCUT2D eigenvalue weighted by Crippen LogP contribution is -2.19. The van der Waals surface area contributed by atoms with Crippen molar-refractivity contribution < 1.29 is 4.39 Å². The zero-order valence-electron chi connectivity index (χ0n) is 12.0. The van der Waals surface area contributed by atoms with Crippen LogP contribution in [-0.2, 0) is 6.54 Å². The van der Waals surface area contributed by atoms with Crippen LogP contribution in [0.25, 0.3) is 0 Å². The first-order chi connectivity index (χ1) is 9.47. The standard InChI is InChI=1S/C17H19ClFN/c1-11-4-6-15(12(2)8-11)13(3)20-10-14-5-7-16(18)17(19)9-14/h4-9,13,20H,10H2,1-3H3. The Morgan fingerprint density at radius 2 is 1.90 bits per heavy atom. The Morgan fingerprint density at radius 1 is 1.15 bits per heavy atom. The molecule has 0 fully saturated rings. The lowest BCUT2D eigenvalue weighted by atomic mass is 10.00. The van der Waals surface area contributed by atoms with E-state index in [0.717, 1.165) is 5.56 Å². The van der Waals surface area contributed by atoms with E-state index in [2.05, 4.69) is 44.3 Å². The van der Waals surface area contributed by atoms with Crippen molar-refractivity contribution in [3.05, 3.63) is 69.5 Å². The lowest BCUT2D eigenvalue weighted by molar-refractivity contribution is 0.567. The summed E-state index contributed by atoms with van der Waals surface area (Å²) in [5, 5.41) is 3.58. The monoisotopic (exact) mass is 291 g/mol. The Hall–Kier alpha value is -1.38. The highest BCUT2D eigenvalue weighted by Gasteiger charge is 2.08. The molecule has 2 aromatic rings. The summed E-state index contributed by atoms with van der Waals surface area (Å²) in [6, 6.07) is 11.6. The van der Waals surface area contributed by atoms with Gasteiger partial charge in [0.25, 0.3) is 0 Å². The maximum Gasteiger partial charge on any atom is 0.142 e. The molecule has 1 nitrogen and oxygen atoms in total. The van der Waals surface area contributed by atoms with Gasteiger partial charge in [-0.1, -0.05) is 41.4 Å². The molecule has 0 heterocycles. The number of aryl methyl sites for hydroxylation is 2. The average molecular weight is 292 g/mol. The van der Waals surface area contributed by atoms with Gasteiger partial charge >= 0.3 is 0 Å². The molecule has 2 rings (SSSR count). The van der Waals surface area contributed by atoms with Crippen LogP contribution in [0.4, 0.5) is 4.39 Å². The van der Waals surface area contributed by atoms with Gasteiger partial charge in [-0.25, -0.2) is 4.39 Å². The molecule has 0 saturated carbocycles. The Bertz CT molecular complexity index is 610. The van der Waals surface area contributed by atoms with Crippen LogP contribution < -0.4 is 5.32 Å². The van der Waals surface area contributed by atoms with E-state index in [4.69, 9.17) is 11.6 Å². The van der Waals surface area contributed by atoms with Crippen LogP contribution in [0.15, 0.2) is 36.4 Å². The molecule has 3 heteroatoms. The molecule has 1 N–H and O–H groups in total. The predicted molar refractivity (Wildman–Crippen MR) is 82.6 cm³/mol. The summed E-state index contributed by atoms with van der Waals surface area (Å²) in [5.74, 6) is -0.370. The van der Waals surface area contributed by atoms with Gasteiger partial charge in [-0.05, 0) is 49.6 Å². The van der Waals surface area contributed by atoms with E-state index in [-0.39, 0.29) is 16.9 Å². The molecule has 0 radical (unpaired) electrons. The molecule has 0 aliphatic carbocycles. The molecule has 2 aromatic carbocycles. The van der Waals surface area contributed by atoms with Crippen molar-refractivity contribution in [2.45, 2.75) is 33.4 Å². The molecular weight excluding hydrogens is 273 g/mol. The summed E-state index contributed by atoms with van der Waals surface area (Å²) in [6.45, 7) is 6.93. The molecule has 0 aromatic heterocycles. The first-order valence-corrected chi connectivity index (χ1v) is 7.09. The Labute approximate surface area is 124 Å². The van der Waals surface area contributed by atoms with Gasteiger partial charge in [0.2, 0.25) is 0 Å². The fourth-order valence-corrected chi connectivity index (χ4v) is 2.46. The highest BCUT2D eigenvalue weighted by molar-refractivity contribution is 6.30. The van der Waals surface area contributed by atoms with E-state index >= 15 is 0 Å². The summed E-state index contributed by atoms with van der Waals surface area (Å²) in [4.78, 5) is 0. The third-order valence-corrected chi connectivity index (χ3v) is 3.79. The largest absolute Gasteiger partial charge is 0.306 e. The zero-order chi connectivity index (χ0) is 14.7. The van der Waals surface area contributed by atoms with Gasteiger partial charge in [-0.2, -0.15) is 0 Å². The number of halogens is 2. The molecule has 0 amide bonds. The van der Waals surface area contributed by atoms with Crippen molar-refractivity contribution >= 4 is 11.6 Å². The second-order valence-electron chi connectivity index (χ2n) is 5.21. The minimum absolute atomic E-state index is 0.163. The normalized spacial score (nSPS) is 12.4. The van der Waals surface area contributed by atoms with Crippen molar-refractivity contribution in [2.75, 3.05) is 0 Å². The predicted octanol–water partition coefficient (Wildman–Crippen LogP) is 4.95. The van der Waals surface area contributed by atoms with E-state index in [1.165, 1.54) is 22.8 Å². The molecule has 0 saturated heterocycles. The van der Waals surface area contributed by atoms with Gasteiger partial charge in [0.1, 0.15) is 5.82 Å². The van der Waals surface area contributed by atoms with Crippen LogP contribution in [0.1, 0.15) is 35.2 Å². The van der Waals surface area contributed by atoms with Crippen molar-refractivity contribution in [3.8, 4) is 0 Å².